The smallest absolute Gasteiger partial charge is 0.316 e. The minimum Gasteiger partial charge on any atom is -0.467 e. The zero-order valence-electron chi connectivity index (χ0n) is 10.8. The molecule has 0 saturated carbocycles. The fourth-order valence-corrected chi connectivity index (χ4v) is 1.78. The Labute approximate surface area is 106 Å². The van der Waals surface area contributed by atoms with E-state index in [0.29, 0.717) is 6.01 Å². The first-order chi connectivity index (χ1) is 8.74. The van der Waals surface area contributed by atoms with Gasteiger partial charge in [-0.3, -0.25) is 0 Å². The van der Waals surface area contributed by atoms with Crippen molar-refractivity contribution in [2.75, 3.05) is 13.7 Å². The van der Waals surface area contributed by atoms with Gasteiger partial charge in [0.05, 0.1) is 13.2 Å². The van der Waals surface area contributed by atoms with Crippen molar-refractivity contribution in [1.82, 2.24) is 15.3 Å². The van der Waals surface area contributed by atoms with Crippen LogP contribution < -0.4 is 10.1 Å². The fourth-order valence-electron chi connectivity index (χ4n) is 1.78. The Balaban J connectivity index is 2.28. The number of furan rings is 1. The molecule has 1 unspecified atom stereocenters. The lowest BCUT2D eigenvalue weighted by molar-refractivity contribution is 0.377. The van der Waals surface area contributed by atoms with Crippen LogP contribution in [0.15, 0.2) is 28.9 Å². The molecule has 0 amide bonds. The van der Waals surface area contributed by atoms with E-state index in [9.17, 15) is 0 Å². The second-order valence-corrected chi connectivity index (χ2v) is 3.94. The van der Waals surface area contributed by atoms with Crippen LogP contribution in [0.25, 0.3) is 0 Å². The largest absolute Gasteiger partial charge is 0.467 e. The summed E-state index contributed by atoms with van der Waals surface area (Å²) in [6.45, 7) is 4.81. The number of rotatable bonds is 5. The van der Waals surface area contributed by atoms with Crippen molar-refractivity contribution in [3.05, 3.63) is 41.6 Å². The van der Waals surface area contributed by atoms with Gasteiger partial charge in [-0.15, -0.1) is 0 Å². The Morgan fingerprint density at radius 1 is 1.33 bits per heavy atom. The summed E-state index contributed by atoms with van der Waals surface area (Å²) < 4.78 is 10.6. The number of aryl methyl sites for hydroxylation is 1. The molecule has 0 spiro atoms. The third kappa shape index (κ3) is 2.68. The molecule has 1 N–H and O–H groups in total. The van der Waals surface area contributed by atoms with Gasteiger partial charge >= 0.3 is 6.01 Å². The first kappa shape index (κ1) is 12.6. The highest BCUT2D eigenvalue weighted by Crippen LogP contribution is 2.23. The number of nitrogens with one attached hydrogen (secondary N) is 1. The van der Waals surface area contributed by atoms with E-state index in [4.69, 9.17) is 9.15 Å². The Kier molecular flexibility index (Phi) is 3.94. The van der Waals surface area contributed by atoms with Gasteiger partial charge in [-0.1, -0.05) is 6.92 Å². The first-order valence-corrected chi connectivity index (χ1v) is 5.90. The number of ether oxygens (including phenoxy) is 1. The lowest BCUT2D eigenvalue weighted by Crippen LogP contribution is -2.21. The Morgan fingerprint density at radius 3 is 2.56 bits per heavy atom. The summed E-state index contributed by atoms with van der Waals surface area (Å²) in [5.41, 5.74) is 0.951. The van der Waals surface area contributed by atoms with E-state index in [1.807, 2.05) is 26.0 Å². The van der Waals surface area contributed by atoms with Gasteiger partial charge in [0.15, 0.2) is 0 Å². The summed E-state index contributed by atoms with van der Waals surface area (Å²) in [6.07, 6.45) is 3.49. The third-order valence-corrected chi connectivity index (χ3v) is 2.62. The number of nitrogens with zero attached hydrogens (tertiary/aromatic N) is 2. The number of aromatic nitrogens is 2. The molecule has 0 bridgehead atoms. The van der Waals surface area contributed by atoms with Crippen molar-refractivity contribution in [3.63, 3.8) is 0 Å². The average Bonchev–Trinajstić information content (AvgIpc) is 2.82. The van der Waals surface area contributed by atoms with Crippen molar-refractivity contribution >= 4 is 0 Å². The average molecular weight is 247 g/mol. The maximum Gasteiger partial charge on any atom is 0.316 e. The van der Waals surface area contributed by atoms with Crippen LogP contribution in [-0.2, 0) is 0 Å². The Morgan fingerprint density at radius 2 is 2.06 bits per heavy atom. The van der Waals surface area contributed by atoms with Crippen LogP contribution in [0.1, 0.15) is 30.0 Å². The van der Waals surface area contributed by atoms with Crippen LogP contribution >= 0.6 is 0 Å². The summed E-state index contributed by atoms with van der Waals surface area (Å²) in [5, 5.41) is 3.35. The number of hydrogen-bond donors (Lipinski definition) is 1. The van der Waals surface area contributed by atoms with Crippen molar-refractivity contribution in [3.8, 4) is 6.01 Å². The molecule has 18 heavy (non-hydrogen) atoms. The molecule has 0 radical (unpaired) electrons. The highest BCUT2D eigenvalue weighted by Gasteiger charge is 2.17. The van der Waals surface area contributed by atoms with Crippen molar-refractivity contribution in [1.29, 1.82) is 0 Å². The first-order valence-electron chi connectivity index (χ1n) is 5.90. The van der Waals surface area contributed by atoms with Crippen LogP contribution in [0.4, 0.5) is 0 Å². The van der Waals surface area contributed by atoms with Gasteiger partial charge < -0.3 is 14.5 Å². The lowest BCUT2D eigenvalue weighted by Gasteiger charge is -2.15. The SMILES string of the molecule is CCNC(c1cnc(OC)nc1)c1ccc(C)o1. The molecular formula is C13H17N3O2. The summed E-state index contributed by atoms with van der Waals surface area (Å²) in [7, 11) is 1.55. The van der Waals surface area contributed by atoms with E-state index in [0.717, 1.165) is 23.6 Å². The summed E-state index contributed by atoms with van der Waals surface area (Å²) in [6, 6.07) is 4.25. The van der Waals surface area contributed by atoms with Gasteiger partial charge in [-0.05, 0) is 25.6 Å². The Hall–Kier alpha value is -1.88. The molecule has 96 valence electrons. The molecule has 0 saturated heterocycles. The molecular weight excluding hydrogens is 230 g/mol. The monoisotopic (exact) mass is 247 g/mol. The van der Waals surface area contributed by atoms with E-state index in [1.165, 1.54) is 0 Å². The molecule has 2 aromatic heterocycles. The maximum absolute atomic E-state index is 5.66. The summed E-state index contributed by atoms with van der Waals surface area (Å²) in [4.78, 5) is 8.24. The molecule has 2 aromatic rings. The molecule has 5 nitrogen and oxygen atoms in total. The van der Waals surface area contributed by atoms with Crippen molar-refractivity contribution < 1.29 is 9.15 Å². The topological polar surface area (TPSA) is 60.2 Å². The van der Waals surface area contributed by atoms with E-state index >= 15 is 0 Å². The summed E-state index contributed by atoms with van der Waals surface area (Å²) in [5.74, 6) is 1.76. The molecule has 2 rings (SSSR count). The normalized spacial score (nSPS) is 12.4. The predicted molar refractivity (Wildman–Crippen MR) is 67.5 cm³/mol. The standard InChI is InChI=1S/C13H17N3O2/c1-4-14-12(11-6-5-9(2)18-11)10-7-15-13(17-3)16-8-10/h5-8,12,14H,4H2,1-3H3. The second kappa shape index (κ2) is 5.64. The van der Waals surface area contributed by atoms with E-state index in [-0.39, 0.29) is 6.04 Å². The zero-order chi connectivity index (χ0) is 13.0. The van der Waals surface area contributed by atoms with Gasteiger partial charge in [0.25, 0.3) is 0 Å². The number of hydrogen-bond acceptors (Lipinski definition) is 5. The molecule has 0 aliphatic carbocycles. The van der Waals surface area contributed by atoms with Crippen LogP contribution in [0.5, 0.6) is 6.01 Å². The molecule has 0 aliphatic rings. The molecule has 0 aromatic carbocycles. The molecule has 2 heterocycles. The van der Waals surface area contributed by atoms with Crippen molar-refractivity contribution in [2.24, 2.45) is 0 Å². The van der Waals surface area contributed by atoms with Crippen molar-refractivity contribution in [2.45, 2.75) is 19.9 Å². The summed E-state index contributed by atoms with van der Waals surface area (Å²) >= 11 is 0. The van der Waals surface area contributed by atoms with Gasteiger partial charge in [0.2, 0.25) is 0 Å². The minimum atomic E-state index is -0.0328. The van der Waals surface area contributed by atoms with Gasteiger partial charge in [-0.2, -0.15) is 0 Å². The van der Waals surface area contributed by atoms with Crippen LogP contribution in [0.3, 0.4) is 0 Å². The van der Waals surface area contributed by atoms with Gasteiger partial charge in [-0.25, -0.2) is 9.97 Å². The van der Waals surface area contributed by atoms with E-state index < -0.39 is 0 Å². The lowest BCUT2D eigenvalue weighted by atomic mass is 10.1. The van der Waals surface area contributed by atoms with Crippen LogP contribution in [-0.4, -0.2) is 23.6 Å². The predicted octanol–water partition coefficient (Wildman–Crippen LogP) is 2.09. The second-order valence-electron chi connectivity index (χ2n) is 3.94. The number of methoxy groups -OCH3 is 1. The van der Waals surface area contributed by atoms with E-state index in [1.54, 1.807) is 19.5 Å². The quantitative estimate of drug-likeness (QED) is 0.876. The molecule has 1 atom stereocenters. The maximum atomic E-state index is 5.66. The zero-order valence-corrected chi connectivity index (χ0v) is 10.8. The van der Waals surface area contributed by atoms with Gasteiger partial charge in [0, 0.05) is 18.0 Å². The molecule has 0 aliphatic heterocycles. The van der Waals surface area contributed by atoms with Crippen LogP contribution in [0.2, 0.25) is 0 Å². The highest BCUT2D eigenvalue weighted by atomic mass is 16.5. The third-order valence-electron chi connectivity index (χ3n) is 2.62. The minimum absolute atomic E-state index is 0.0328. The van der Waals surface area contributed by atoms with Gasteiger partial charge in [0.1, 0.15) is 11.5 Å². The molecule has 0 fully saturated rings. The Bertz CT molecular complexity index is 493. The van der Waals surface area contributed by atoms with Crippen LogP contribution in [0, 0.1) is 6.92 Å². The molecule has 5 heteroatoms. The van der Waals surface area contributed by atoms with E-state index in [2.05, 4.69) is 15.3 Å². The fraction of sp³-hybridized carbons (Fsp3) is 0.385. The highest BCUT2D eigenvalue weighted by molar-refractivity contribution is 5.23.